The van der Waals surface area contributed by atoms with E-state index in [1.54, 1.807) is 74.9 Å². The van der Waals surface area contributed by atoms with Crippen molar-refractivity contribution in [1.82, 2.24) is 93.8 Å². The predicted molar refractivity (Wildman–Crippen MR) is 485 cm³/mol. The van der Waals surface area contributed by atoms with Gasteiger partial charge < -0.3 is 16.0 Å². The van der Waals surface area contributed by atoms with Crippen molar-refractivity contribution in [2.75, 3.05) is 16.0 Å². The smallest absolute Gasteiger partial charge is 0.314 e. The Morgan fingerprint density at radius 1 is 0.516 bits per heavy atom. The highest BCUT2D eigenvalue weighted by atomic mass is 16.6. The molecule has 662 valence electrons. The Morgan fingerprint density at radius 3 is 1.35 bits per heavy atom. The molecular weight excluding hydrogens is 1610 g/mol. The van der Waals surface area contributed by atoms with Gasteiger partial charge in [-0.1, -0.05) is 106 Å². The Hall–Kier alpha value is -15.1. The van der Waals surface area contributed by atoms with Gasteiger partial charge in [0.15, 0.2) is 0 Å². The molecule has 0 aromatic carbocycles. The Balaban J connectivity index is 0.000000232. The second-order valence-electron chi connectivity index (χ2n) is 28.9. The lowest BCUT2D eigenvalue weighted by atomic mass is 9.94. The van der Waals surface area contributed by atoms with Crippen LogP contribution in [0.1, 0.15) is 190 Å². The normalized spacial score (nSPS) is 18.2. The highest BCUT2D eigenvalue weighted by molar-refractivity contribution is 5.98. The number of aromatic nitrogens is 19. The number of aryl methyl sites for hydroxylation is 6. The minimum absolute atomic E-state index is 0. The second kappa shape index (κ2) is 46.8. The number of allylic oxidation sites excluding steroid dienone is 4. The van der Waals surface area contributed by atoms with E-state index in [-0.39, 0.29) is 101 Å². The highest BCUT2D eigenvalue weighted by Crippen LogP contribution is 2.37. The molecule has 4 N–H and O–H groups in total. The quantitative estimate of drug-likeness (QED) is 0.0332. The summed E-state index contributed by atoms with van der Waals surface area (Å²) in [6.45, 7) is 15.1. The summed E-state index contributed by atoms with van der Waals surface area (Å²) in [5.41, 5.74) is 7.81. The zero-order valence-electron chi connectivity index (χ0n) is 87.5. The second-order valence-corrected chi connectivity index (χ2v) is 28.9. The van der Waals surface area contributed by atoms with Gasteiger partial charge in [0.2, 0.25) is 17.7 Å². The summed E-state index contributed by atoms with van der Waals surface area (Å²) in [4.78, 5) is 98.7. The predicted octanol–water partition coefficient (Wildman–Crippen LogP) is 17.8. The Morgan fingerprint density at radius 2 is 0.937 bits per heavy atom. The van der Waals surface area contributed by atoms with E-state index in [2.05, 4.69) is 122 Å². The Bertz CT molecular complexity index is 6380. The topological polar surface area (TPSA) is 460 Å². The van der Waals surface area contributed by atoms with Crippen molar-refractivity contribution < 1.29 is 58.8 Å². The van der Waals surface area contributed by atoms with E-state index in [0.29, 0.717) is 100 Å². The number of rotatable bonds is 19. The van der Waals surface area contributed by atoms with Gasteiger partial charge in [0, 0.05) is 183 Å². The first-order chi connectivity index (χ1) is 66.9. The molecule has 3 amide bonds. The van der Waals surface area contributed by atoms with Gasteiger partial charge in [0.1, 0.15) is 42.4 Å². The molecule has 0 aliphatic carbocycles. The fraction of sp³-hybridized carbons (Fsp3) is 0.337. The summed E-state index contributed by atoms with van der Waals surface area (Å²) in [5.74, 6) is -0.861. The standard InChI is InChI=1S/C19H24N4O.C17H22N4O.C17H20N4O.2C14H16N4O2.C4H5N3O2.C3H3N3O2.CH4/c1-6-8-14(4)16-11-15(9-10-20-16)18-17(12-21-23(18)5)22-19(24)13(3)7-2;2*1-11-5-4-6-12(2)17(22)20-15-10-19-21(3)16(15)13-7-8-18-14(11)9-13;2*1-4-5-10(2)12-8-11(6-7-15-12)14-13(18(19)20)9-16-17(14)3;1-6-3-4(2-5-6)7(8)9;7-6(8)3-1-4-5-2-3;/h6-7,9-14H,1-2,8H2,3-5H3,(H,22,24);7-12H,4-6H2,1-3H3,(H,20,22);4,6-12H,5H2,1-3H3,(H,20,22);2*4,6-10H,1,5H2,2-3H3;2-3H,1H3;1-2H,(H,4,5);1H4/b;;6-4+;;;;;/t13-,14?;2*11?,12-;;;;;/m111...../s1/i5D3;4*3D3;1D3;;. The van der Waals surface area contributed by atoms with Crippen LogP contribution in [0.3, 0.4) is 0 Å². The molecule has 0 radical (unpaired) electrons. The van der Waals surface area contributed by atoms with Gasteiger partial charge in [-0.15, -0.1) is 26.3 Å². The zero-order chi connectivity index (χ0) is 106. The van der Waals surface area contributed by atoms with Crippen molar-refractivity contribution in [2.45, 2.75) is 137 Å². The van der Waals surface area contributed by atoms with Gasteiger partial charge in [-0.25, -0.2) is 0 Å². The van der Waals surface area contributed by atoms with Gasteiger partial charge >= 0.3 is 22.7 Å². The molecule has 0 saturated carbocycles. The summed E-state index contributed by atoms with van der Waals surface area (Å²) in [6.07, 6.45) is 34.3. The number of pyridine rings is 5. The number of nitrogens with one attached hydrogen (secondary N) is 4. The van der Waals surface area contributed by atoms with Crippen LogP contribution < -0.4 is 16.0 Å². The molecule has 12 aromatic heterocycles. The number of amides is 3. The summed E-state index contributed by atoms with van der Waals surface area (Å²) in [7, 11) is 0. The van der Waals surface area contributed by atoms with E-state index in [0.717, 1.165) is 94.2 Å². The minimum atomic E-state index is -2.61. The van der Waals surface area contributed by atoms with Crippen LogP contribution in [0.2, 0.25) is 0 Å². The molecule has 2 aliphatic heterocycles. The lowest BCUT2D eigenvalue weighted by Gasteiger charge is -2.17. The van der Waals surface area contributed by atoms with Gasteiger partial charge in [0.05, 0.1) is 90.5 Å². The number of hydrogen-bond donors (Lipinski definition) is 4. The first-order valence-electron chi connectivity index (χ1n) is 47.9. The molecule has 14 rings (SSSR count). The van der Waals surface area contributed by atoms with Crippen LogP contribution in [0.5, 0.6) is 0 Å². The fourth-order valence-corrected chi connectivity index (χ4v) is 12.4. The van der Waals surface area contributed by atoms with Crippen LogP contribution in [0.25, 0.3) is 56.3 Å². The number of aromatic amines is 1. The minimum Gasteiger partial charge on any atom is -0.323 e. The van der Waals surface area contributed by atoms with Gasteiger partial charge in [-0.2, -0.15) is 35.7 Å². The number of fused-ring (bicyclic) bond motifs is 8. The van der Waals surface area contributed by atoms with E-state index >= 15 is 0 Å². The fourth-order valence-electron chi connectivity index (χ4n) is 12.4. The van der Waals surface area contributed by atoms with Crippen LogP contribution >= 0.6 is 0 Å². The lowest BCUT2D eigenvalue weighted by molar-refractivity contribution is -0.385. The van der Waals surface area contributed by atoms with Crippen LogP contribution in [0, 0.1) is 58.2 Å². The van der Waals surface area contributed by atoms with Crippen molar-refractivity contribution in [2.24, 2.45) is 59.6 Å². The van der Waals surface area contributed by atoms with Gasteiger partial charge in [0.25, 0.3) is 0 Å². The van der Waals surface area contributed by atoms with E-state index in [1.165, 1.54) is 55.4 Å². The molecule has 5 unspecified atom stereocenters. The molecule has 37 nitrogen and oxygen atoms in total. The maximum atomic E-state index is 12.5. The third kappa shape index (κ3) is 26.5. The van der Waals surface area contributed by atoms with E-state index in [4.69, 9.17) is 24.7 Å². The van der Waals surface area contributed by atoms with Gasteiger partial charge in [-0.05, 0) is 105 Å². The summed E-state index contributed by atoms with van der Waals surface area (Å²) in [6, 6.07) is 17.1. The number of nitro groups is 4. The Labute approximate surface area is 756 Å². The largest absolute Gasteiger partial charge is 0.323 e. The van der Waals surface area contributed by atoms with Crippen LogP contribution in [-0.4, -0.2) is 131 Å². The van der Waals surface area contributed by atoms with Crippen LogP contribution in [-0.2, 0) is 56.2 Å². The molecule has 126 heavy (non-hydrogen) atoms. The van der Waals surface area contributed by atoms with Crippen molar-refractivity contribution in [3.05, 3.63) is 279 Å². The molecule has 0 saturated heterocycles. The van der Waals surface area contributed by atoms with E-state index in [9.17, 15) is 54.8 Å². The van der Waals surface area contributed by atoms with Crippen molar-refractivity contribution in [3.8, 4) is 56.3 Å². The van der Waals surface area contributed by atoms with Crippen molar-refractivity contribution in [1.29, 1.82) is 0 Å². The van der Waals surface area contributed by atoms with E-state index < -0.39 is 67.5 Å². The first-order valence-corrected chi connectivity index (χ1v) is 38.9. The summed E-state index contributed by atoms with van der Waals surface area (Å²) >= 11 is 0. The number of carbonyl (C=O) groups excluding carboxylic acids is 3. The lowest BCUT2D eigenvalue weighted by Crippen LogP contribution is -2.21. The third-order valence-corrected chi connectivity index (χ3v) is 19.6. The summed E-state index contributed by atoms with van der Waals surface area (Å²) < 4.78 is 140. The van der Waals surface area contributed by atoms with E-state index in [1.807, 2.05) is 64.1 Å². The SMILES string of the molecule is C.O=[N+]([O-])c1cn[nH]c1.[2H]C([2H])([2H])n1cc([N+](=O)[O-])cn1.[2H]C([2H])([2H])n1ncc(NC(=O)[C@H](C)C=C)c1-c1ccnc(C(C)CC=C)c1.[2H]C([2H])([2H])n1ncc([N+](=O)[O-])c1-c1ccnc(C(C)CC=C)c1.[2H]C([2H])([2H])n1ncc([N+](=O)[O-])c1-c1ccnc(C(C)CC=C)c1.[2H]C([2H])([2H])n1ncc2c1-c1ccnc(c1)C(C)C/C=C/[C@@H](C)C(=O)N2.[2H]C([2H])([2H])n1ncc2c1-c1ccnc(c1)C(C)CCC[C@@H](C)C(=O)N2. The average Bonchev–Trinajstić information content (AvgIpc) is 1.64. The van der Waals surface area contributed by atoms with Crippen LogP contribution in [0.4, 0.5) is 39.8 Å². The molecule has 12 aromatic rings. The maximum Gasteiger partial charge on any atom is 0.314 e. The average molecular weight is 1740 g/mol. The first kappa shape index (κ1) is 73.6. The van der Waals surface area contributed by atoms with Gasteiger partial charge in [-0.3, -0.25) is 113 Å². The molecule has 37 heteroatoms. The zero-order valence-corrected chi connectivity index (χ0v) is 69.5. The Kier molecular flexibility index (Phi) is 27.4. The molecule has 14 heterocycles. The number of carbonyl (C=O) groups is 3. The molecule has 4 bridgehead atoms. The molecular formula is C89H110N26O11. The molecule has 8 atom stereocenters. The number of nitrogens with zero attached hydrogens (tertiary/aromatic N) is 22. The molecule has 2 aliphatic rings. The number of H-pyrrole nitrogens is 1. The summed E-state index contributed by atoms with van der Waals surface area (Å²) in [5, 5.41) is 79.1. The number of anilines is 3. The van der Waals surface area contributed by atoms with Crippen molar-refractivity contribution >= 4 is 57.5 Å². The van der Waals surface area contributed by atoms with Crippen molar-refractivity contribution in [3.63, 3.8) is 0 Å². The maximum absolute atomic E-state index is 12.5. The highest BCUT2D eigenvalue weighted by Gasteiger charge is 2.27. The third-order valence-electron chi connectivity index (χ3n) is 19.6. The monoisotopic (exact) mass is 1740 g/mol. The molecule has 0 fully saturated rings. The number of hydrogen-bond acceptors (Lipinski definition) is 23. The molecule has 0 spiro atoms. The van der Waals surface area contributed by atoms with Crippen LogP contribution in [0.15, 0.2) is 210 Å².